The Morgan fingerprint density at radius 1 is 0.370 bits per heavy atom. The number of amides is 2. The molecule has 81 heavy (non-hydrogen) atoms. The third-order valence-electron chi connectivity index (χ3n) is 12.3. The first kappa shape index (κ1) is 52.4. The van der Waals surface area contributed by atoms with Crippen LogP contribution < -0.4 is 25.0 Å². The van der Waals surface area contributed by atoms with Crippen LogP contribution in [0.3, 0.4) is 0 Å². The second kappa shape index (κ2) is 21.2. The molecule has 0 fully saturated rings. The summed E-state index contributed by atoms with van der Waals surface area (Å²) in [5.41, 5.74) is -0.0870. The van der Waals surface area contributed by atoms with E-state index in [1.807, 2.05) is 0 Å². The highest BCUT2D eigenvalue weighted by molar-refractivity contribution is 6.07. The Morgan fingerprint density at radius 2 is 0.642 bits per heavy atom. The standard InChI is InChI=1S/C52H34N14O15/c67-41(15-26-13-33(47(70)71)16-34(14-26)48(72)73)27-1-3-28(4-2-27)42-55-61-23-63-57-43(29-5-9-31(10-6-29)45(68)53-39-19-35(49(74)75)17-36(20-39)50(76)77)59-65(63)25-66-60-44(58-64(66)24-62(61)56-42)30-7-11-32(12-8-30)46(69)54-40-21-37(51(78)79)18-38(22-40)52(80)81/h1-14,16-22H,15,23-25H2,(H5-3,53,54,68,69,70,71,72,73,74,75,76,77,78,79,80,81)/p+3. The number of carboxylic acids is 6. The number of tetrazole rings is 3. The zero-order valence-electron chi connectivity index (χ0n) is 41.2. The number of benzene rings is 6. The molecular formula is C52H37N14O15+3. The van der Waals surface area contributed by atoms with E-state index in [1.165, 1.54) is 77.3 Å². The van der Waals surface area contributed by atoms with Crippen LogP contribution in [0.1, 0.15) is 98.8 Å². The topological polar surface area (TPSA) is 403 Å². The molecule has 0 unspecified atom stereocenters. The zero-order chi connectivity index (χ0) is 57.4. The number of nitrogens with one attached hydrogen (secondary N) is 2. The molecule has 6 aromatic carbocycles. The van der Waals surface area contributed by atoms with Gasteiger partial charge >= 0.3 is 53.3 Å². The van der Waals surface area contributed by atoms with Gasteiger partial charge in [0.05, 0.1) is 65.4 Å². The number of hydrogen-bond donors (Lipinski definition) is 8. The molecule has 29 nitrogen and oxygen atoms in total. The van der Waals surface area contributed by atoms with Gasteiger partial charge in [0.25, 0.3) is 31.8 Å². The molecule has 1 aliphatic heterocycles. The predicted molar refractivity (Wildman–Crippen MR) is 268 cm³/mol. The summed E-state index contributed by atoms with van der Waals surface area (Å²) in [4.78, 5) is 119. The number of carbonyl (C=O) groups excluding carboxylic acids is 3. The third-order valence-corrected chi connectivity index (χ3v) is 12.3. The zero-order valence-corrected chi connectivity index (χ0v) is 41.2. The second-order valence-electron chi connectivity index (χ2n) is 17.8. The smallest absolute Gasteiger partial charge is 0.339 e. The van der Waals surface area contributed by atoms with Gasteiger partial charge in [0.2, 0.25) is 0 Å². The van der Waals surface area contributed by atoms with E-state index in [1.54, 1.807) is 36.4 Å². The number of Topliss-reactive ketones (excluding diaryl/α,β-unsaturated/α-hetero) is 1. The number of carbonyl (C=O) groups is 9. The highest BCUT2D eigenvalue weighted by Gasteiger charge is 2.35. The van der Waals surface area contributed by atoms with E-state index in [9.17, 15) is 73.8 Å². The maximum absolute atomic E-state index is 13.4. The van der Waals surface area contributed by atoms with E-state index in [4.69, 9.17) is 30.6 Å². The molecule has 3 aromatic heterocycles. The van der Waals surface area contributed by atoms with E-state index in [0.717, 1.165) is 42.5 Å². The van der Waals surface area contributed by atoms with E-state index in [0.29, 0.717) is 16.7 Å². The number of ketones is 1. The van der Waals surface area contributed by atoms with Crippen molar-refractivity contribution in [2.45, 2.75) is 26.4 Å². The Bertz CT molecular complexity index is 3570. The molecule has 0 atom stereocenters. The molecule has 0 radical (unpaired) electrons. The van der Waals surface area contributed by atoms with Crippen molar-refractivity contribution in [3.8, 4) is 34.2 Å². The molecule has 1 aliphatic rings. The number of anilines is 2. The fourth-order valence-electron chi connectivity index (χ4n) is 8.31. The summed E-state index contributed by atoms with van der Waals surface area (Å²) >= 11 is 0. The van der Waals surface area contributed by atoms with Crippen molar-refractivity contribution in [1.29, 1.82) is 0 Å². The first-order chi connectivity index (χ1) is 38.7. The van der Waals surface area contributed by atoms with E-state index >= 15 is 0 Å². The van der Waals surface area contributed by atoms with Gasteiger partial charge in [-0.25, -0.2) is 28.8 Å². The lowest BCUT2D eigenvalue weighted by atomic mass is 9.98. The van der Waals surface area contributed by atoms with Crippen molar-refractivity contribution >= 4 is 64.8 Å². The fraction of sp³-hybridized carbons (Fsp3) is 0.0769. The molecule has 402 valence electrons. The van der Waals surface area contributed by atoms with Crippen LogP contribution in [0, 0.1) is 0 Å². The number of nitrogens with zero attached hydrogens (tertiary/aromatic N) is 12. The summed E-state index contributed by atoms with van der Waals surface area (Å²) < 4.78 is 0. The molecule has 0 aliphatic carbocycles. The van der Waals surface area contributed by atoms with Gasteiger partial charge in [0.15, 0.2) is 5.78 Å². The molecule has 4 heterocycles. The number of carboxylic acid groups (broad SMARTS) is 6. The lowest BCUT2D eigenvalue weighted by Crippen LogP contribution is -2.56. The minimum atomic E-state index is -1.39. The summed E-state index contributed by atoms with van der Waals surface area (Å²) in [7, 11) is 0. The number of hydrogen-bond acceptors (Lipinski definition) is 15. The summed E-state index contributed by atoms with van der Waals surface area (Å²) in [6.07, 6.45) is -0.295. The van der Waals surface area contributed by atoms with E-state index < -0.39 is 53.4 Å². The normalized spacial score (nSPS) is 11.6. The van der Waals surface area contributed by atoms with Gasteiger partial charge in [-0.3, -0.25) is 14.4 Å². The van der Waals surface area contributed by atoms with Crippen LogP contribution in [0.25, 0.3) is 34.2 Å². The van der Waals surface area contributed by atoms with Gasteiger partial charge in [-0.2, -0.15) is 0 Å². The molecular weight excluding hydrogens is 1060 g/mol. The van der Waals surface area contributed by atoms with Crippen molar-refractivity contribution in [2.24, 2.45) is 0 Å². The lowest BCUT2D eigenvalue weighted by molar-refractivity contribution is -0.898. The van der Waals surface area contributed by atoms with Crippen LogP contribution >= 0.6 is 0 Å². The Labute approximate surface area is 451 Å². The van der Waals surface area contributed by atoms with Crippen LogP contribution in [-0.2, 0) is 26.4 Å². The van der Waals surface area contributed by atoms with Crippen molar-refractivity contribution in [1.82, 2.24) is 45.0 Å². The first-order valence-electron chi connectivity index (χ1n) is 23.6. The van der Waals surface area contributed by atoms with Crippen molar-refractivity contribution in [3.05, 3.63) is 183 Å². The van der Waals surface area contributed by atoms with Gasteiger partial charge in [-0.05, 0) is 151 Å². The number of aromatic nitrogens is 12. The van der Waals surface area contributed by atoms with Crippen molar-refractivity contribution < 1.29 is 88.2 Å². The quantitative estimate of drug-likeness (QED) is 0.0508. The Hall–Kier alpha value is -12.0. The SMILES string of the molecule is O=C(O)c1cc(CC(=O)c2ccc(-c3nn4[n+](n3)Cn3nc(-c5ccc(C(=O)Nc6cc(C(=O)O)cc(C(=O)O)c6)cc5)n[n+]3Cn3nc(-c5ccc(C(=O)Nc6cc(C(=O)O)cc(C(=O)O)c6)cc5)n[n+]3C4)cc2)cc(C(=O)O)c1. The number of rotatable bonds is 16. The summed E-state index contributed by atoms with van der Waals surface area (Å²) in [5.74, 6) is -9.55. The average molecular weight is 1100 g/mol. The average Bonchev–Trinajstić information content (AvgIpc) is 4.27. The summed E-state index contributed by atoms with van der Waals surface area (Å²) in [5, 5.41) is 90.5. The molecule has 9 aromatic rings. The monoisotopic (exact) mass is 1100 g/mol. The molecule has 0 saturated carbocycles. The van der Waals surface area contributed by atoms with Crippen LogP contribution in [0.4, 0.5) is 11.4 Å². The highest BCUT2D eigenvalue weighted by atomic mass is 16.4. The molecule has 0 saturated heterocycles. The summed E-state index contributed by atoms with van der Waals surface area (Å²) in [6, 6.07) is 28.2. The van der Waals surface area contributed by atoms with Crippen LogP contribution in [0.5, 0.6) is 0 Å². The maximum atomic E-state index is 13.4. The number of aromatic carboxylic acids is 6. The van der Waals surface area contributed by atoms with Crippen molar-refractivity contribution in [2.75, 3.05) is 10.6 Å². The molecule has 29 heteroatoms. The number of fused-ring (bicyclic) bond motifs is 3. The van der Waals surface area contributed by atoms with Crippen molar-refractivity contribution in [3.63, 3.8) is 0 Å². The third kappa shape index (κ3) is 11.3. The lowest BCUT2D eigenvalue weighted by Gasteiger charge is -2.08. The molecule has 0 bridgehead atoms. The molecule has 2 amide bonds. The first-order valence-corrected chi connectivity index (χ1v) is 23.6. The predicted octanol–water partition coefficient (Wildman–Crippen LogP) is 2.27. The van der Waals surface area contributed by atoms with Gasteiger partial charge in [0.1, 0.15) is 0 Å². The fourth-order valence-corrected chi connectivity index (χ4v) is 8.31. The minimum Gasteiger partial charge on any atom is -0.478 e. The van der Waals surface area contributed by atoms with Crippen LogP contribution in [0.15, 0.2) is 127 Å². The Morgan fingerprint density at radius 3 is 0.926 bits per heavy atom. The van der Waals surface area contributed by atoms with E-state index in [2.05, 4.69) is 10.6 Å². The minimum absolute atomic E-state index is 0.0589. The van der Waals surface area contributed by atoms with Gasteiger partial charge in [-0.15, -0.1) is 0 Å². The highest BCUT2D eigenvalue weighted by Crippen LogP contribution is 2.23. The second-order valence-corrected chi connectivity index (χ2v) is 17.8. The summed E-state index contributed by atoms with van der Waals surface area (Å²) in [6.45, 7) is -0.342. The maximum Gasteiger partial charge on any atom is 0.339 e. The van der Waals surface area contributed by atoms with E-state index in [-0.39, 0.29) is 111 Å². The molecule has 0 spiro atoms. The molecule has 10 rings (SSSR count). The van der Waals surface area contributed by atoms with Crippen LogP contribution in [-0.4, -0.2) is 129 Å². The largest absolute Gasteiger partial charge is 0.478 e. The molecule has 8 N–H and O–H groups in total. The Balaban J connectivity index is 0.947. The van der Waals surface area contributed by atoms with Gasteiger partial charge in [-0.1, -0.05) is 12.1 Å². The van der Waals surface area contributed by atoms with Gasteiger partial charge < -0.3 is 41.3 Å². The van der Waals surface area contributed by atoms with Crippen LogP contribution in [0.2, 0.25) is 0 Å². The Kier molecular flexibility index (Phi) is 13.7. The van der Waals surface area contributed by atoms with Gasteiger partial charge in [0, 0.05) is 48.9 Å².